The molecule has 4 N–H and O–H groups in total. The number of pyridine rings is 1. The molecule has 1 aromatic heterocycles. The van der Waals surface area contributed by atoms with Crippen LogP contribution in [0.15, 0.2) is 35.4 Å². The number of carbonyl (C=O) groups excluding carboxylic acids is 2. The van der Waals surface area contributed by atoms with Crippen molar-refractivity contribution in [1.29, 1.82) is 10.5 Å². The second-order valence-corrected chi connectivity index (χ2v) is 10.9. The minimum Gasteiger partial charge on any atom is -0.479 e. The van der Waals surface area contributed by atoms with Gasteiger partial charge in [0.25, 0.3) is 0 Å². The molecule has 0 saturated heterocycles. The second-order valence-electron chi connectivity index (χ2n) is 9.78. The molecule has 200 valence electrons. The van der Waals surface area contributed by atoms with E-state index in [1.54, 1.807) is 71.9 Å². The number of alkyl carbamates (subject to hydrolysis) is 1. The Morgan fingerprint density at radius 1 is 1.13 bits per heavy atom. The quantitative estimate of drug-likeness (QED) is 0.396. The number of hydrogen-bond acceptors (Lipinski definition) is 8. The number of aromatic nitrogens is 1. The Balaban J connectivity index is 2.91. The maximum atomic E-state index is 12.9. The van der Waals surface area contributed by atoms with Crippen LogP contribution in [0.2, 0.25) is 0 Å². The number of hydrogen-bond donors (Lipinski definition) is 3. The van der Waals surface area contributed by atoms with Gasteiger partial charge in [-0.2, -0.15) is 10.5 Å². The molecule has 2 atom stereocenters. The van der Waals surface area contributed by atoms with E-state index < -0.39 is 40.3 Å². The molecule has 0 aliphatic heterocycles. The third kappa shape index (κ3) is 6.24. The molecule has 10 nitrogen and oxygen atoms in total. The van der Waals surface area contributed by atoms with Crippen molar-refractivity contribution >= 4 is 29.7 Å². The molecule has 0 radical (unpaired) electrons. The Morgan fingerprint density at radius 3 is 2.13 bits per heavy atom. The van der Waals surface area contributed by atoms with E-state index in [1.165, 1.54) is 0 Å². The standard InChI is InChI=1S/C27H31N5O5S/c1-7-17-18(13-28)21(27(15(2)3,24(34)35)32-25(36)37-26(4,5)6)31-23(19(17)14-29)38-20(22(30)33)16-11-9-8-10-12-16/h8-12,15,20H,7H2,1-6H3,(H2,30,33)(H,32,36)(H,34,35)/t20?,27-/m0/s1. The summed E-state index contributed by atoms with van der Waals surface area (Å²) in [6.45, 7) is 9.70. The highest BCUT2D eigenvalue weighted by Gasteiger charge is 2.50. The van der Waals surface area contributed by atoms with Crippen LogP contribution >= 0.6 is 11.8 Å². The van der Waals surface area contributed by atoms with Gasteiger partial charge < -0.3 is 15.6 Å². The number of benzene rings is 1. The molecule has 0 aliphatic carbocycles. The lowest BCUT2D eigenvalue weighted by Gasteiger charge is -2.35. The van der Waals surface area contributed by atoms with E-state index in [1.807, 2.05) is 12.1 Å². The first-order chi connectivity index (χ1) is 17.7. The van der Waals surface area contributed by atoms with E-state index >= 15 is 0 Å². The molecule has 2 rings (SSSR count). The van der Waals surface area contributed by atoms with Crippen molar-refractivity contribution in [2.45, 2.75) is 69.4 Å². The summed E-state index contributed by atoms with van der Waals surface area (Å²) in [5, 5.41) is 32.1. The molecule has 0 fully saturated rings. The number of carboxylic acid groups (broad SMARTS) is 1. The number of nitriles is 2. The summed E-state index contributed by atoms with van der Waals surface area (Å²) < 4.78 is 5.33. The number of nitrogens with two attached hydrogens (primary N) is 1. The Kier molecular flexibility index (Phi) is 9.49. The fourth-order valence-corrected chi connectivity index (χ4v) is 5.01. The number of primary amides is 1. The van der Waals surface area contributed by atoms with Crippen LogP contribution in [0.1, 0.15) is 74.7 Å². The molecule has 0 spiro atoms. The lowest BCUT2D eigenvalue weighted by atomic mass is 9.79. The minimum absolute atomic E-state index is 0.0169. The number of carboxylic acids is 1. The Bertz CT molecular complexity index is 1310. The summed E-state index contributed by atoms with van der Waals surface area (Å²) in [7, 11) is 0. The van der Waals surface area contributed by atoms with Crippen molar-refractivity contribution in [2.24, 2.45) is 11.7 Å². The van der Waals surface area contributed by atoms with Crippen LogP contribution in [-0.4, -0.2) is 33.7 Å². The van der Waals surface area contributed by atoms with Crippen LogP contribution in [0.3, 0.4) is 0 Å². The highest BCUT2D eigenvalue weighted by Crippen LogP contribution is 2.41. The molecule has 1 heterocycles. The smallest absolute Gasteiger partial charge is 0.408 e. The molecule has 1 unspecified atom stereocenters. The first-order valence-corrected chi connectivity index (χ1v) is 12.7. The van der Waals surface area contributed by atoms with Gasteiger partial charge in [0.05, 0.1) is 16.8 Å². The summed E-state index contributed by atoms with van der Waals surface area (Å²) in [6, 6.07) is 12.7. The molecule has 2 aromatic rings. The maximum absolute atomic E-state index is 12.9. The van der Waals surface area contributed by atoms with Crippen LogP contribution in [0, 0.1) is 28.6 Å². The van der Waals surface area contributed by atoms with Gasteiger partial charge in [-0.1, -0.05) is 62.9 Å². The first-order valence-electron chi connectivity index (χ1n) is 11.9. The van der Waals surface area contributed by atoms with Gasteiger partial charge in [0.1, 0.15) is 28.0 Å². The number of nitrogens with one attached hydrogen (secondary N) is 1. The van der Waals surface area contributed by atoms with Crippen LogP contribution in [0.25, 0.3) is 0 Å². The predicted octanol–water partition coefficient (Wildman–Crippen LogP) is 4.17. The third-order valence-corrected chi connectivity index (χ3v) is 6.97. The Morgan fingerprint density at radius 2 is 1.71 bits per heavy atom. The summed E-state index contributed by atoms with van der Waals surface area (Å²) in [4.78, 5) is 42.7. The van der Waals surface area contributed by atoms with Crippen molar-refractivity contribution < 1.29 is 24.2 Å². The SMILES string of the molecule is CCc1c(C#N)c(SC(C(N)=O)c2ccccc2)nc([C@](NC(=O)OC(C)(C)C)(C(=O)O)C(C)C)c1C#N. The van der Waals surface area contributed by atoms with Crippen molar-refractivity contribution in [2.75, 3.05) is 0 Å². The van der Waals surface area contributed by atoms with E-state index in [0.29, 0.717) is 5.56 Å². The van der Waals surface area contributed by atoms with Gasteiger partial charge >= 0.3 is 12.1 Å². The maximum Gasteiger partial charge on any atom is 0.408 e. The first kappa shape index (κ1) is 30.1. The fourth-order valence-electron chi connectivity index (χ4n) is 3.94. The Labute approximate surface area is 226 Å². The predicted molar refractivity (Wildman–Crippen MR) is 141 cm³/mol. The van der Waals surface area contributed by atoms with Crippen LogP contribution in [0.5, 0.6) is 0 Å². The van der Waals surface area contributed by atoms with Crippen LogP contribution in [-0.2, 0) is 26.3 Å². The molecule has 2 amide bonds. The zero-order valence-corrected chi connectivity index (χ0v) is 23.0. The van der Waals surface area contributed by atoms with Gasteiger partial charge in [0, 0.05) is 0 Å². The zero-order chi connectivity index (χ0) is 28.8. The van der Waals surface area contributed by atoms with Gasteiger partial charge in [0.15, 0.2) is 5.54 Å². The second kappa shape index (κ2) is 12.0. The summed E-state index contributed by atoms with van der Waals surface area (Å²) in [6.07, 6.45) is -0.836. The van der Waals surface area contributed by atoms with Crippen molar-refractivity contribution in [1.82, 2.24) is 10.3 Å². The largest absolute Gasteiger partial charge is 0.479 e. The van der Waals surface area contributed by atoms with E-state index in [4.69, 9.17) is 10.5 Å². The third-order valence-electron chi connectivity index (χ3n) is 5.71. The summed E-state index contributed by atoms with van der Waals surface area (Å²) in [5.74, 6) is -2.99. The average Bonchev–Trinajstić information content (AvgIpc) is 2.83. The lowest BCUT2D eigenvalue weighted by Crippen LogP contribution is -2.57. The van der Waals surface area contributed by atoms with E-state index in [9.17, 15) is 30.0 Å². The number of carbonyl (C=O) groups is 3. The number of rotatable bonds is 9. The van der Waals surface area contributed by atoms with Gasteiger partial charge in [-0.15, -0.1) is 0 Å². The highest BCUT2D eigenvalue weighted by molar-refractivity contribution is 8.00. The van der Waals surface area contributed by atoms with Gasteiger partial charge in [-0.05, 0) is 44.2 Å². The number of nitrogens with zero attached hydrogens (tertiary/aromatic N) is 3. The summed E-state index contributed by atoms with van der Waals surface area (Å²) >= 11 is 0.878. The van der Waals surface area contributed by atoms with E-state index in [2.05, 4.69) is 10.3 Å². The van der Waals surface area contributed by atoms with Crippen LogP contribution in [0.4, 0.5) is 4.79 Å². The van der Waals surface area contributed by atoms with E-state index in [0.717, 1.165) is 11.8 Å². The number of amides is 2. The van der Waals surface area contributed by atoms with Crippen molar-refractivity contribution in [3.63, 3.8) is 0 Å². The van der Waals surface area contributed by atoms with Gasteiger partial charge in [-0.25, -0.2) is 14.6 Å². The van der Waals surface area contributed by atoms with Crippen LogP contribution < -0.4 is 11.1 Å². The van der Waals surface area contributed by atoms with Crippen molar-refractivity contribution in [3.8, 4) is 12.1 Å². The average molecular weight is 538 g/mol. The molecule has 0 aliphatic rings. The topological polar surface area (TPSA) is 179 Å². The van der Waals surface area contributed by atoms with Gasteiger partial charge in [-0.3, -0.25) is 10.1 Å². The summed E-state index contributed by atoms with van der Waals surface area (Å²) in [5.41, 5.74) is 2.99. The lowest BCUT2D eigenvalue weighted by molar-refractivity contribution is -0.147. The minimum atomic E-state index is -2.20. The molecule has 0 saturated carbocycles. The molecular formula is C27H31N5O5S. The van der Waals surface area contributed by atoms with Crippen molar-refractivity contribution in [3.05, 3.63) is 58.3 Å². The normalized spacial score (nSPS) is 13.5. The molecular weight excluding hydrogens is 506 g/mol. The number of aliphatic carboxylic acids is 1. The van der Waals surface area contributed by atoms with E-state index in [-0.39, 0.29) is 33.8 Å². The zero-order valence-electron chi connectivity index (χ0n) is 22.2. The molecule has 0 bridgehead atoms. The fraction of sp³-hybridized carbons (Fsp3) is 0.407. The molecule has 1 aromatic carbocycles. The number of ether oxygens (including phenoxy) is 1. The highest BCUT2D eigenvalue weighted by atomic mass is 32.2. The molecule has 38 heavy (non-hydrogen) atoms. The monoisotopic (exact) mass is 537 g/mol. The Hall–Kier alpha value is -4.09. The van der Waals surface area contributed by atoms with Gasteiger partial charge in [0.2, 0.25) is 5.91 Å². The number of thioether (sulfide) groups is 1. The molecule has 11 heteroatoms.